The van der Waals surface area contributed by atoms with Crippen LogP contribution in [0, 0.1) is 0 Å². The summed E-state index contributed by atoms with van der Waals surface area (Å²) >= 11 is 0. The van der Waals surface area contributed by atoms with Crippen LogP contribution in [0.3, 0.4) is 0 Å². The molecule has 1 N–H and O–H groups in total. The van der Waals surface area contributed by atoms with Crippen LogP contribution in [0.2, 0.25) is 0 Å². The van der Waals surface area contributed by atoms with Gasteiger partial charge in [0, 0.05) is 23.6 Å². The minimum Gasteiger partial charge on any atom is -0.464 e. The Morgan fingerprint density at radius 1 is 1.07 bits per heavy atom. The van der Waals surface area contributed by atoms with Crippen LogP contribution in [-0.2, 0) is 19.1 Å². The third-order valence-corrected chi connectivity index (χ3v) is 3.21. The molecule has 0 spiro atoms. The van der Waals surface area contributed by atoms with Crippen LogP contribution in [0.5, 0.6) is 0 Å². The molecule has 0 bridgehead atoms. The third-order valence-electron chi connectivity index (χ3n) is 3.21. The summed E-state index contributed by atoms with van der Waals surface area (Å²) in [4.78, 5) is 36.2. The molecule has 1 aromatic rings. The summed E-state index contributed by atoms with van der Waals surface area (Å²) in [5, 5.41) is 2.30. The normalized spacial score (nSPS) is 12.9. The Balaban J connectivity index is 3.10. The number of nitrogens with one attached hydrogen (secondary N) is 1. The quantitative estimate of drug-likeness (QED) is 0.548. The van der Waals surface area contributed by atoms with Gasteiger partial charge in [0.15, 0.2) is 0 Å². The summed E-state index contributed by atoms with van der Waals surface area (Å²) in [6, 6.07) is 6.29. The maximum Gasteiger partial charge on any atom is 0.410 e. The predicted octanol–water partition coefficient (Wildman–Crippen LogP) is 2.79. The smallest absolute Gasteiger partial charge is 0.410 e. The molecule has 0 aliphatic rings. The van der Waals surface area contributed by atoms with Crippen LogP contribution in [-0.4, -0.2) is 43.3 Å². The first-order valence-corrected chi connectivity index (χ1v) is 8.16. The summed E-state index contributed by atoms with van der Waals surface area (Å²) in [7, 11) is 0. The summed E-state index contributed by atoms with van der Waals surface area (Å²) in [5.41, 5.74) is -0.597. The Bertz CT molecular complexity index is 686. The van der Waals surface area contributed by atoms with Crippen LogP contribution in [0.1, 0.15) is 30.6 Å². The van der Waals surface area contributed by atoms with Crippen molar-refractivity contribution in [3.63, 3.8) is 0 Å². The van der Waals surface area contributed by atoms with Crippen LogP contribution in [0.15, 0.2) is 42.0 Å². The van der Waals surface area contributed by atoms with Crippen LogP contribution in [0.25, 0.3) is 0 Å². The lowest BCUT2D eigenvalue weighted by atomic mass is 10.0. The number of hydrogen-bond donors (Lipinski definition) is 1. The Hall–Kier alpha value is -2.84. The van der Waals surface area contributed by atoms with E-state index >= 15 is 0 Å². The third kappa shape index (κ3) is 7.93. The number of carbonyl (C=O) groups is 3. The molecule has 1 atom stereocenters. The molecule has 1 amide bonds. The second kappa shape index (κ2) is 10.3. The van der Waals surface area contributed by atoms with Gasteiger partial charge in [0.05, 0.1) is 13.2 Å². The molecule has 0 saturated heterocycles. The first kappa shape index (κ1) is 22.2. The first-order valence-electron chi connectivity index (χ1n) is 8.16. The minimum absolute atomic E-state index is 0.0474. The first-order chi connectivity index (χ1) is 12.7. The highest BCUT2D eigenvalue weighted by Gasteiger charge is 2.32. The zero-order chi connectivity index (χ0) is 20.4. The van der Waals surface area contributed by atoms with Gasteiger partial charge in [0.2, 0.25) is 0 Å². The van der Waals surface area contributed by atoms with E-state index in [2.05, 4.69) is 10.1 Å². The van der Waals surface area contributed by atoms with Gasteiger partial charge in [-0.3, -0.25) is 4.79 Å². The number of rotatable bonds is 8. The van der Waals surface area contributed by atoms with Crippen molar-refractivity contribution in [3.8, 4) is 0 Å². The molecule has 1 aromatic carbocycles. The molecular weight excluding hydrogens is 367 g/mol. The van der Waals surface area contributed by atoms with Gasteiger partial charge in [-0.05, 0) is 26.0 Å². The molecule has 0 aliphatic carbocycles. The van der Waals surface area contributed by atoms with E-state index in [1.165, 1.54) is 26.0 Å². The fourth-order valence-electron chi connectivity index (χ4n) is 2.11. The van der Waals surface area contributed by atoms with Crippen molar-refractivity contribution >= 4 is 17.8 Å². The van der Waals surface area contributed by atoms with Gasteiger partial charge in [0.1, 0.15) is 6.04 Å². The van der Waals surface area contributed by atoms with Crippen LogP contribution in [0.4, 0.5) is 13.2 Å². The van der Waals surface area contributed by atoms with Gasteiger partial charge in [-0.25, -0.2) is 9.59 Å². The minimum atomic E-state index is -4.80. The topological polar surface area (TPSA) is 81.7 Å². The van der Waals surface area contributed by atoms with Gasteiger partial charge in [-0.15, -0.1) is 0 Å². The second-order valence-corrected chi connectivity index (χ2v) is 5.28. The molecular formula is C18H20F3NO5. The maximum absolute atomic E-state index is 12.7. The van der Waals surface area contributed by atoms with Gasteiger partial charge >= 0.3 is 18.1 Å². The lowest BCUT2D eigenvalue weighted by Gasteiger charge is -2.19. The van der Waals surface area contributed by atoms with Crippen molar-refractivity contribution in [1.29, 1.82) is 0 Å². The molecule has 9 heteroatoms. The number of alkyl halides is 3. The molecule has 0 radical (unpaired) electrons. The predicted molar refractivity (Wildman–Crippen MR) is 89.7 cm³/mol. The number of carbonyl (C=O) groups excluding carboxylic acids is 3. The van der Waals surface area contributed by atoms with E-state index in [4.69, 9.17) is 4.74 Å². The van der Waals surface area contributed by atoms with Crippen molar-refractivity contribution in [1.82, 2.24) is 5.32 Å². The van der Waals surface area contributed by atoms with Crippen molar-refractivity contribution in [3.05, 3.63) is 47.5 Å². The van der Waals surface area contributed by atoms with Crippen molar-refractivity contribution in [2.24, 2.45) is 0 Å². The van der Waals surface area contributed by atoms with Crippen molar-refractivity contribution in [2.45, 2.75) is 32.5 Å². The van der Waals surface area contributed by atoms with Gasteiger partial charge < -0.3 is 14.8 Å². The highest BCUT2D eigenvalue weighted by atomic mass is 19.4. The number of halogens is 3. The molecule has 1 unspecified atom stereocenters. The largest absolute Gasteiger partial charge is 0.464 e. The number of benzene rings is 1. The fourth-order valence-corrected chi connectivity index (χ4v) is 2.11. The molecule has 0 aliphatic heterocycles. The van der Waals surface area contributed by atoms with Gasteiger partial charge in [-0.2, -0.15) is 13.2 Å². The summed E-state index contributed by atoms with van der Waals surface area (Å²) in [6.07, 6.45) is -5.77. The number of allylic oxidation sites excluding steroid dienone is 1. The van der Waals surface area contributed by atoms with E-state index in [9.17, 15) is 27.6 Å². The standard InChI is InChI=1S/C18H20F3NO5/c1-3-26-16(24)13(11-18(19,20)21)10-14(17(25)27-4-2)22-15(23)12-8-6-5-7-9-12/h5-9,11,14H,3-4,10H2,1-2H3,(H,22,23)/b13-11-. The zero-order valence-electron chi connectivity index (χ0n) is 14.8. The summed E-state index contributed by atoms with van der Waals surface area (Å²) in [5.74, 6) is -2.87. The number of hydrogen-bond acceptors (Lipinski definition) is 5. The van der Waals surface area contributed by atoms with Gasteiger partial charge in [-0.1, -0.05) is 18.2 Å². The SMILES string of the molecule is CCOC(=O)/C(=C\C(F)(F)F)CC(NC(=O)c1ccccc1)C(=O)OCC. The number of amides is 1. The van der Waals surface area contributed by atoms with E-state index in [-0.39, 0.29) is 24.9 Å². The van der Waals surface area contributed by atoms with Crippen molar-refractivity contribution in [2.75, 3.05) is 13.2 Å². The molecule has 6 nitrogen and oxygen atoms in total. The molecule has 148 valence electrons. The lowest BCUT2D eigenvalue weighted by molar-refractivity contribution is -0.145. The van der Waals surface area contributed by atoms with Gasteiger partial charge in [0.25, 0.3) is 5.91 Å². The second-order valence-electron chi connectivity index (χ2n) is 5.28. The van der Waals surface area contributed by atoms with E-state index in [0.29, 0.717) is 0 Å². The summed E-state index contributed by atoms with van der Waals surface area (Å²) < 4.78 is 47.6. The molecule has 1 rings (SSSR count). The Labute approximate surface area is 154 Å². The lowest BCUT2D eigenvalue weighted by Crippen LogP contribution is -2.42. The van der Waals surface area contributed by atoms with E-state index in [1.807, 2.05) is 0 Å². The summed E-state index contributed by atoms with van der Waals surface area (Å²) in [6.45, 7) is 2.75. The van der Waals surface area contributed by atoms with E-state index in [0.717, 1.165) is 0 Å². The highest BCUT2D eigenvalue weighted by molar-refractivity contribution is 5.97. The number of ether oxygens (including phenoxy) is 2. The highest BCUT2D eigenvalue weighted by Crippen LogP contribution is 2.22. The number of esters is 2. The molecule has 0 fully saturated rings. The Morgan fingerprint density at radius 2 is 1.67 bits per heavy atom. The monoisotopic (exact) mass is 387 g/mol. The molecule has 0 heterocycles. The van der Waals surface area contributed by atoms with Crippen molar-refractivity contribution < 1.29 is 37.0 Å². The Morgan fingerprint density at radius 3 is 2.19 bits per heavy atom. The maximum atomic E-state index is 12.7. The average molecular weight is 387 g/mol. The average Bonchev–Trinajstić information content (AvgIpc) is 2.60. The molecule has 27 heavy (non-hydrogen) atoms. The molecule has 0 aromatic heterocycles. The van der Waals surface area contributed by atoms with Crippen LogP contribution >= 0.6 is 0 Å². The fraction of sp³-hybridized carbons (Fsp3) is 0.389. The Kier molecular flexibility index (Phi) is 8.50. The zero-order valence-corrected chi connectivity index (χ0v) is 14.8. The molecule has 0 saturated carbocycles. The van der Waals surface area contributed by atoms with E-state index < -0.39 is 42.1 Å². The van der Waals surface area contributed by atoms with Crippen LogP contribution < -0.4 is 5.32 Å². The van der Waals surface area contributed by atoms with E-state index in [1.54, 1.807) is 18.2 Å².